The van der Waals surface area contributed by atoms with E-state index in [-0.39, 0.29) is 5.69 Å². The Morgan fingerprint density at radius 2 is 1.81 bits per heavy atom. The van der Waals surface area contributed by atoms with Gasteiger partial charge in [0.15, 0.2) is 11.5 Å². The summed E-state index contributed by atoms with van der Waals surface area (Å²) in [7, 11) is 0. The van der Waals surface area contributed by atoms with E-state index in [1.165, 1.54) is 17.1 Å². The zero-order valence-corrected chi connectivity index (χ0v) is 20.5. The Balaban J connectivity index is 1.18. The zero-order chi connectivity index (χ0) is 25.4. The number of benzene rings is 1. The van der Waals surface area contributed by atoms with E-state index in [4.69, 9.17) is 0 Å². The van der Waals surface area contributed by atoms with Crippen LogP contribution < -0.4 is 10.2 Å². The van der Waals surface area contributed by atoms with Crippen molar-refractivity contribution in [3.63, 3.8) is 0 Å². The number of hydrogen-bond acceptors (Lipinski definition) is 9. The molecule has 4 aromatic heterocycles. The smallest absolute Gasteiger partial charge is 0.225 e. The first-order valence-electron chi connectivity index (χ1n) is 12.2. The van der Waals surface area contributed by atoms with E-state index in [0.29, 0.717) is 23.2 Å². The summed E-state index contributed by atoms with van der Waals surface area (Å²) in [5, 5.41) is 14.1. The van der Waals surface area contributed by atoms with E-state index in [0.717, 1.165) is 48.8 Å². The van der Waals surface area contributed by atoms with Crippen molar-refractivity contribution in [2.45, 2.75) is 38.5 Å². The molecule has 0 amide bonds. The highest BCUT2D eigenvalue weighted by molar-refractivity contribution is 5.73. The zero-order valence-electron chi connectivity index (χ0n) is 20.5. The Morgan fingerprint density at radius 1 is 1.00 bits per heavy atom. The van der Waals surface area contributed by atoms with E-state index in [2.05, 4.69) is 59.5 Å². The first-order valence-corrected chi connectivity index (χ1v) is 12.2. The van der Waals surface area contributed by atoms with Gasteiger partial charge in [-0.05, 0) is 52.9 Å². The number of hydrogen-bond donors (Lipinski definition) is 1. The van der Waals surface area contributed by atoms with E-state index < -0.39 is 5.82 Å². The lowest BCUT2D eigenvalue weighted by Gasteiger charge is -2.31. The van der Waals surface area contributed by atoms with E-state index in [1.54, 1.807) is 24.7 Å². The number of fused-ring (bicyclic) bond motifs is 1. The van der Waals surface area contributed by atoms with Crippen LogP contribution in [-0.2, 0) is 0 Å². The minimum absolute atomic E-state index is 0.266. The van der Waals surface area contributed by atoms with Crippen molar-refractivity contribution in [2.75, 3.05) is 23.3 Å². The molecular weight excluding hydrogens is 473 g/mol. The average molecular weight is 500 g/mol. The number of tetrazole rings is 1. The molecule has 12 heteroatoms. The summed E-state index contributed by atoms with van der Waals surface area (Å²) in [6, 6.07) is 4.78. The molecule has 188 valence electrons. The highest BCUT2D eigenvalue weighted by Crippen LogP contribution is 2.32. The number of nitrogens with one attached hydrogen (secondary N) is 1. The quantitative estimate of drug-likeness (QED) is 0.372. The highest BCUT2D eigenvalue weighted by atomic mass is 19.1. The van der Waals surface area contributed by atoms with Crippen LogP contribution in [0.2, 0.25) is 0 Å². The maximum absolute atomic E-state index is 14.7. The summed E-state index contributed by atoms with van der Waals surface area (Å²) in [5.41, 5.74) is 4.53. The molecule has 0 atom stereocenters. The third-order valence-electron chi connectivity index (χ3n) is 6.80. The normalized spacial score (nSPS) is 14.5. The van der Waals surface area contributed by atoms with Crippen molar-refractivity contribution in [1.82, 2.24) is 44.5 Å². The number of aromatic nitrogens is 9. The summed E-state index contributed by atoms with van der Waals surface area (Å²) in [4.78, 5) is 20.5. The van der Waals surface area contributed by atoms with Gasteiger partial charge in [0.05, 0.1) is 6.20 Å². The third kappa shape index (κ3) is 4.46. The van der Waals surface area contributed by atoms with Crippen LogP contribution in [0.15, 0.2) is 55.6 Å². The van der Waals surface area contributed by atoms with Gasteiger partial charge in [0, 0.05) is 49.0 Å². The van der Waals surface area contributed by atoms with Gasteiger partial charge in [0.25, 0.3) is 0 Å². The fourth-order valence-electron chi connectivity index (χ4n) is 4.68. The van der Waals surface area contributed by atoms with Crippen LogP contribution in [-0.4, -0.2) is 57.6 Å². The molecule has 0 aliphatic carbocycles. The van der Waals surface area contributed by atoms with Gasteiger partial charge in [0.2, 0.25) is 5.95 Å². The summed E-state index contributed by atoms with van der Waals surface area (Å²) < 4.78 is 18.0. The van der Waals surface area contributed by atoms with Crippen molar-refractivity contribution >= 4 is 23.0 Å². The second-order valence-electron chi connectivity index (χ2n) is 9.46. The predicted molar refractivity (Wildman–Crippen MR) is 136 cm³/mol. The number of imidazole rings is 1. The largest absolute Gasteiger partial charge is 0.351 e. The van der Waals surface area contributed by atoms with Crippen LogP contribution in [0.4, 0.5) is 21.7 Å². The number of anilines is 3. The number of piperidine rings is 1. The molecule has 1 saturated heterocycles. The summed E-state index contributed by atoms with van der Waals surface area (Å²) in [5.74, 6) is 1.09. The van der Waals surface area contributed by atoms with Crippen molar-refractivity contribution in [2.24, 2.45) is 0 Å². The Morgan fingerprint density at radius 3 is 2.51 bits per heavy atom. The fourth-order valence-corrected chi connectivity index (χ4v) is 4.68. The second-order valence-corrected chi connectivity index (χ2v) is 9.46. The Labute approximate surface area is 212 Å². The van der Waals surface area contributed by atoms with Gasteiger partial charge in [-0.15, -0.1) is 5.10 Å². The monoisotopic (exact) mass is 499 g/mol. The van der Waals surface area contributed by atoms with Gasteiger partial charge >= 0.3 is 0 Å². The minimum atomic E-state index is -0.448. The fraction of sp³-hybridized carbons (Fsp3) is 0.320. The number of halogens is 1. The van der Waals surface area contributed by atoms with Crippen molar-refractivity contribution in [1.29, 1.82) is 0 Å². The SMILES string of the molecule is CC(C)c1cnc(N2CCC(c3cnc4c(Nc5ccc(-n6cnnn6)c(F)c5)cncn34)CC2)nc1. The molecule has 0 spiro atoms. The van der Waals surface area contributed by atoms with Crippen LogP contribution in [0.5, 0.6) is 0 Å². The van der Waals surface area contributed by atoms with Gasteiger partial charge in [-0.1, -0.05) is 13.8 Å². The predicted octanol–water partition coefficient (Wildman–Crippen LogP) is 3.89. The molecule has 1 N–H and O–H groups in total. The van der Waals surface area contributed by atoms with Crippen molar-refractivity contribution < 1.29 is 4.39 Å². The molecule has 0 radical (unpaired) electrons. The molecule has 0 bridgehead atoms. The average Bonchev–Trinajstić information content (AvgIpc) is 3.60. The van der Waals surface area contributed by atoms with Crippen molar-refractivity contribution in [3.8, 4) is 5.69 Å². The van der Waals surface area contributed by atoms with Crippen LogP contribution in [0.3, 0.4) is 0 Å². The van der Waals surface area contributed by atoms with Crippen LogP contribution in [0.25, 0.3) is 11.3 Å². The minimum Gasteiger partial charge on any atom is -0.351 e. The van der Waals surface area contributed by atoms with Crippen LogP contribution >= 0.6 is 0 Å². The lowest BCUT2D eigenvalue weighted by atomic mass is 9.94. The maximum Gasteiger partial charge on any atom is 0.225 e. The van der Waals surface area contributed by atoms with E-state index in [1.807, 2.05) is 23.0 Å². The first kappa shape index (κ1) is 23.0. The Hall–Kier alpha value is -4.48. The first-order chi connectivity index (χ1) is 18.1. The highest BCUT2D eigenvalue weighted by Gasteiger charge is 2.25. The van der Waals surface area contributed by atoms with E-state index >= 15 is 0 Å². The molecule has 5 heterocycles. The topological polar surface area (TPSA) is 115 Å². The summed E-state index contributed by atoms with van der Waals surface area (Å²) in [6.07, 6.45) is 12.5. The lowest BCUT2D eigenvalue weighted by molar-refractivity contribution is 0.488. The Bertz CT molecular complexity index is 1500. The molecule has 5 aromatic rings. The molecule has 6 rings (SSSR count). The standard InChI is InChI=1S/C25H26FN11/c1-16(2)18-10-29-25(30-11-18)35-7-5-17(6-8-35)23-13-28-24-21(12-27-14-36(23)24)32-19-3-4-22(20(26)9-19)37-15-31-33-34-37/h3-4,9-17,32H,5-8H2,1-2H3. The summed E-state index contributed by atoms with van der Waals surface area (Å²) >= 11 is 0. The number of rotatable bonds is 6. The van der Waals surface area contributed by atoms with Crippen molar-refractivity contribution in [3.05, 3.63) is 72.7 Å². The molecule has 1 fully saturated rings. The lowest BCUT2D eigenvalue weighted by Crippen LogP contribution is -2.34. The molecule has 1 aliphatic heterocycles. The van der Waals surface area contributed by atoms with Gasteiger partial charge in [-0.2, -0.15) is 4.68 Å². The van der Waals surface area contributed by atoms with Crippen LogP contribution in [0.1, 0.15) is 49.8 Å². The van der Waals surface area contributed by atoms with Crippen LogP contribution in [0, 0.1) is 5.82 Å². The summed E-state index contributed by atoms with van der Waals surface area (Å²) in [6.45, 7) is 6.03. The van der Waals surface area contributed by atoms with Gasteiger partial charge in [-0.3, -0.25) is 4.40 Å². The van der Waals surface area contributed by atoms with Gasteiger partial charge in [0.1, 0.15) is 24.0 Å². The molecule has 11 nitrogen and oxygen atoms in total. The second kappa shape index (κ2) is 9.52. The molecule has 37 heavy (non-hydrogen) atoms. The third-order valence-corrected chi connectivity index (χ3v) is 6.80. The van der Waals surface area contributed by atoms with Gasteiger partial charge in [-0.25, -0.2) is 24.3 Å². The molecule has 0 saturated carbocycles. The number of nitrogens with zero attached hydrogens (tertiary/aromatic N) is 10. The molecular formula is C25H26FN11. The van der Waals surface area contributed by atoms with E-state index in [9.17, 15) is 4.39 Å². The Kier molecular flexibility index (Phi) is 5.91. The molecule has 0 unspecified atom stereocenters. The molecule has 1 aromatic carbocycles. The van der Waals surface area contributed by atoms with Gasteiger partial charge < -0.3 is 10.2 Å². The maximum atomic E-state index is 14.7. The molecule has 1 aliphatic rings.